The van der Waals surface area contributed by atoms with Crippen molar-refractivity contribution in [1.29, 1.82) is 0 Å². The lowest BCUT2D eigenvalue weighted by atomic mass is 10.0. The minimum Gasteiger partial charge on any atom is -0.452 e. The summed E-state index contributed by atoms with van der Waals surface area (Å²) >= 11 is 0. The largest absolute Gasteiger partial charge is 0.452 e. The number of benzene rings is 3. The lowest BCUT2D eigenvalue weighted by Gasteiger charge is -2.09. The number of para-hydroxylation sites is 1. The highest BCUT2D eigenvalue weighted by atomic mass is 16.5. The van der Waals surface area contributed by atoms with Gasteiger partial charge < -0.3 is 10.1 Å². The van der Waals surface area contributed by atoms with Gasteiger partial charge in [-0.25, -0.2) is 4.79 Å². The highest BCUT2D eigenvalue weighted by Crippen LogP contribution is 2.16. The average molecular weight is 401 g/mol. The molecule has 150 valence electrons. The van der Waals surface area contributed by atoms with Crippen LogP contribution in [0.4, 0.5) is 5.69 Å². The molecule has 0 saturated carbocycles. The second-order valence-corrected chi connectivity index (χ2v) is 6.50. The third kappa shape index (κ3) is 5.05. The molecule has 0 unspecified atom stereocenters. The van der Waals surface area contributed by atoms with Gasteiger partial charge in [-0.15, -0.1) is 0 Å². The average Bonchev–Trinajstić information content (AvgIpc) is 2.78. The summed E-state index contributed by atoms with van der Waals surface area (Å²) in [4.78, 5) is 48.3. The Morgan fingerprint density at radius 1 is 0.733 bits per heavy atom. The Morgan fingerprint density at radius 3 is 1.97 bits per heavy atom. The van der Waals surface area contributed by atoms with Crippen LogP contribution in [-0.4, -0.2) is 30.0 Å². The van der Waals surface area contributed by atoms with Crippen molar-refractivity contribution >= 4 is 29.1 Å². The molecule has 0 aliphatic heterocycles. The van der Waals surface area contributed by atoms with E-state index in [9.17, 15) is 19.2 Å². The van der Waals surface area contributed by atoms with Crippen molar-refractivity contribution in [3.8, 4) is 0 Å². The molecule has 0 aromatic heterocycles. The van der Waals surface area contributed by atoms with E-state index in [1.807, 2.05) is 6.07 Å². The summed E-state index contributed by atoms with van der Waals surface area (Å²) in [6, 6.07) is 21.4. The summed E-state index contributed by atoms with van der Waals surface area (Å²) in [7, 11) is 0. The van der Waals surface area contributed by atoms with E-state index in [1.165, 1.54) is 31.2 Å². The minimum atomic E-state index is -0.691. The van der Waals surface area contributed by atoms with Crippen LogP contribution in [-0.2, 0) is 9.53 Å². The number of hydrogen-bond acceptors (Lipinski definition) is 5. The molecule has 0 radical (unpaired) electrons. The van der Waals surface area contributed by atoms with E-state index < -0.39 is 18.5 Å². The zero-order valence-electron chi connectivity index (χ0n) is 16.3. The number of ether oxygens (including phenoxy) is 1. The molecule has 1 N–H and O–H groups in total. The van der Waals surface area contributed by atoms with E-state index in [4.69, 9.17) is 4.74 Å². The van der Waals surface area contributed by atoms with Crippen LogP contribution >= 0.6 is 0 Å². The van der Waals surface area contributed by atoms with Crippen molar-refractivity contribution in [1.82, 2.24) is 0 Å². The predicted molar refractivity (Wildman–Crippen MR) is 112 cm³/mol. The highest BCUT2D eigenvalue weighted by molar-refractivity contribution is 6.09. The van der Waals surface area contributed by atoms with Gasteiger partial charge in [0.1, 0.15) is 0 Å². The molecule has 0 saturated heterocycles. The van der Waals surface area contributed by atoms with Gasteiger partial charge in [-0.05, 0) is 31.2 Å². The molecule has 6 nitrogen and oxygen atoms in total. The number of amides is 1. The lowest BCUT2D eigenvalue weighted by Crippen LogP contribution is -2.22. The van der Waals surface area contributed by atoms with Gasteiger partial charge in [0, 0.05) is 16.7 Å². The fraction of sp³-hybridized carbons (Fsp3) is 0.0833. The first-order valence-corrected chi connectivity index (χ1v) is 9.22. The number of carbonyl (C=O) groups excluding carboxylic acids is 4. The molecule has 3 aromatic carbocycles. The van der Waals surface area contributed by atoms with E-state index >= 15 is 0 Å². The van der Waals surface area contributed by atoms with Gasteiger partial charge in [0.2, 0.25) is 0 Å². The molecule has 0 bridgehead atoms. The molecule has 0 aliphatic rings. The van der Waals surface area contributed by atoms with Gasteiger partial charge in [0.25, 0.3) is 5.91 Å². The van der Waals surface area contributed by atoms with Crippen molar-refractivity contribution in [3.05, 3.63) is 101 Å². The number of esters is 1. The molecule has 6 heteroatoms. The van der Waals surface area contributed by atoms with Gasteiger partial charge >= 0.3 is 5.97 Å². The van der Waals surface area contributed by atoms with Gasteiger partial charge in [-0.3, -0.25) is 14.4 Å². The second-order valence-electron chi connectivity index (χ2n) is 6.50. The Bertz CT molecular complexity index is 1090. The maximum absolute atomic E-state index is 12.4. The van der Waals surface area contributed by atoms with E-state index in [0.717, 1.165) is 0 Å². The first kappa shape index (κ1) is 20.7. The quantitative estimate of drug-likeness (QED) is 0.479. The number of ketones is 2. The highest BCUT2D eigenvalue weighted by Gasteiger charge is 2.14. The van der Waals surface area contributed by atoms with Gasteiger partial charge in [0.05, 0.1) is 11.3 Å². The smallest absolute Gasteiger partial charge is 0.338 e. The first-order chi connectivity index (χ1) is 14.5. The Kier molecular flexibility index (Phi) is 6.49. The Balaban J connectivity index is 1.58. The SMILES string of the molecule is CC(=O)c1ccccc1NC(=O)COC(=O)c1ccc(C(=O)c2ccccc2)cc1. The molecular weight excluding hydrogens is 382 g/mol. The molecule has 30 heavy (non-hydrogen) atoms. The van der Waals surface area contributed by atoms with Crippen molar-refractivity contribution in [2.24, 2.45) is 0 Å². The third-order valence-corrected chi connectivity index (χ3v) is 4.33. The number of hydrogen-bond donors (Lipinski definition) is 1. The number of Topliss-reactive ketones (excluding diaryl/α,β-unsaturated/α-hetero) is 1. The molecule has 3 aromatic rings. The van der Waals surface area contributed by atoms with Crippen LogP contribution in [0.3, 0.4) is 0 Å². The van der Waals surface area contributed by atoms with Crippen LogP contribution < -0.4 is 5.32 Å². The van der Waals surface area contributed by atoms with Crippen LogP contribution in [0.2, 0.25) is 0 Å². The summed E-state index contributed by atoms with van der Waals surface area (Å²) in [6.45, 7) is 0.896. The summed E-state index contributed by atoms with van der Waals surface area (Å²) in [5.41, 5.74) is 1.94. The van der Waals surface area contributed by atoms with Crippen molar-refractivity contribution in [2.75, 3.05) is 11.9 Å². The second kappa shape index (κ2) is 9.43. The number of anilines is 1. The summed E-state index contributed by atoms with van der Waals surface area (Å²) < 4.78 is 5.03. The molecule has 3 rings (SSSR count). The van der Waals surface area contributed by atoms with Crippen LogP contribution in [0.1, 0.15) is 43.6 Å². The number of nitrogens with one attached hydrogen (secondary N) is 1. The van der Waals surface area contributed by atoms with Crippen molar-refractivity contribution < 1.29 is 23.9 Å². The maximum atomic E-state index is 12.4. The number of carbonyl (C=O) groups is 4. The van der Waals surface area contributed by atoms with Crippen molar-refractivity contribution in [3.63, 3.8) is 0 Å². The topological polar surface area (TPSA) is 89.5 Å². The van der Waals surface area contributed by atoms with E-state index in [-0.39, 0.29) is 17.1 Å². The molecule has 0 aliphatic carbocycles. The summed E-state index contributed by atoms with van der Waals surface area (Å²) in [6.07, 6.45) is 0. The fourth-order valence-corrected chi connectivity index (χ4v) is 2.81. The van der Waals surface area contributed by atoms with Crippen LogP contribution in [0.15, 0.2) is 78.9 Å². The van der Waals surface area contributed by atoms with Crippen molar-refractivity contribution in [2.45, 2.75) is 6.92 Å². The molecule has 0 spiro atoms. The van der Waals surface area contributed by atoms with Gasteiger partial charge in [-0.1, -0.05) is 54.6 Å². The Morgan fingerprint density at radius 2 is 1.30 bits per heavy atom. The van der Waals surface area contributed by atoms with Crippen LogP contribution in [0.25, 0.3) is 0 Å². The van der Waals surface area contributed by atoms with E-state index in [1.54, 1.807) is 48.5 Å². The lowest BCUT2D eigenvalue weighted by molar-refractivity contribution is -0.119. The monoisotopic (exact) mass is 401 g/mol. The fourth-order valence-electron chi connectivity index (χ4n) is 2.81. The Hall–Kier alpha value is -4.06. The van der Waals surface area contributed by atoms with Gasteiger partial charge in [-0.2, -0.15) is 0 Å². The minimum absolute atomic E-state index is 0.154. The van der Waals surface area contributed by atoms with E-state index in [2.05, 4.69) is 5.32 Å². The maximum Gasteiger partial charge on any atom is 0.338 e. The van der Waals surface area contributed by atoms with Crippen LogP contribution in [0.5, 0.6) is 0 Å². The molecule has 0 atom stereocenters. The zero-order valence-corrected chi connectivity index (χ0v) is 16.3. The van der Waals surface area contributed by atoms with E-state index in [0.29, 0.717) is 22.4 Å². The first-order valence-electron chi connectivity index (χ1n) is 9.22. The molecule has 1 amide bonds. The Labute approximate surface area is 173 Å². The zero-order chi connectivity index (χ0) is 21.5. The molecular formula is C24H19NO5. The summed E-state index contributed by atoms with van der Waals surface area (Å²) in [5, 5.41) is 2.56. The third-order valence-electron chi connectivity index (χ3n) is 4.33. The normalized spacial score (nSPS) is 10.2. The molecule has 0 heterocycles. The summed E-state index contributed by atoms with van der Waals surface area (Å²) in [5.74, 6) is -1.59. The molecule has 0 fully saturated rings. The standard InChI is InChI=1S/C24H19NO5/c1-16(26)20-9-5-6-10-21(20)25-22(27)15-30-24(29)19-13-11-18(12-14-19)23(28)17-7-3-2-4-8-17/h2-14H,15H2,1H3,(H,25,27). The number of rotatable bonds is 7. The van der Waals surface area contributed by atoms with Crippen LogP contribution in [0, 0.1) is 0 Å². The van der Waals surface area contributed by atoms with Gasteiger partial charge in [0.15, 0.2) is 18.2 Å². The predicted octanol–water partition coefficient (Wildman–Crippen LogP) is 3.92.